The van der Waals surface area contributed by atoms with Gasteiger partial charge >= 0.3 is 0 Å². The lowest BCUT2D eigenvalue weighted by atomic mass is 9.88. The Kier molecular flexibility index (Phi) is 7.43. The molecule has 2 saturated heterocycles. The van der Waals surface area contributed by atoms with Crippen molar-refractivity contribution >= 4 is 26.8 Å². The smallest absolute Gasteiger partial charge is 0.250 e. The number of aromatic amines is 1. The maximum atomic E-state index is 13.1. The molecule has 0 aliphatic carbocycles. The van der Waals surface area contributed by atoms with E-state index in [-0.39, 0.29) is 11.7 Å². The van der Waals surface area contributed by atoms with Crippen LogP contribution in [0, 0.1) is 0 Å². The summed E-state index contributed by atoms with van der Waals surface area (Å²) in [5, 5.41) is 0.991. The lowest BCUT2D eigenvalue weighted by molar-refractivity contribution is 0.100. The number of hydrogen-bond acceptors (Lipinski definition) is 4. The van der Waals surface area contributed by atoms with E-state index in [1.54, 1.807) is 4.31 Å². The van der Waals surface area contributed by atoms with Gasteiger partial charge < -0.3 is 10.7 Å². The molecule has 8 heteroatoms. The fourth-order valence-electron chi connectivity index (χ4n) is 6.28. The molecule has 2 aliphatic heterocycles. The highest BCUT2D eigenvalue weighted by Gasteiger charge is 2.31. The number of hydrogen-bond donors (Lipinski definition) is 2. The molecule has 0 radical (unpaired) electrons. The number of benzene rings is 2. The van der Waals surface area contributed by atoms with Gasteiger partial charge in [-0.2, -0.15) is 0 Å². The summed E-state index contributed by atoms with van der Waals surface area (Å²) in [4.78, 5) is 18.0. The number of likely N-dealkylation sites (tertiary alicyclic amines) is 1. The molecule has 0 spiro atoms. The van der Waals surface area contributed by atoms with Crippen LogP contribution in [0.15, 0.2) is 48.7 Å². The zero-order valence-corrected chi connectivity index (χ0v) is 22.6. The molecular weight excluding hydrogens is 484 g/mol. The van der Waals surface area contributed by atoms with Gasteiger partial charge in [-0.1, -0.05) is 30.3 Å². The number of nitrogens with one attached hydrogen (secondary N) is 1. The fraction of sp³-hybridized carbons (Fsp3) is 0.483. The Morgan fingerprint density at radius 1 is 1.00 bits per heavy atom. The number of nitrogens with two attached hydrogens (primary N) is 1. The van der Waals surface area contributed by atoms with Crippen molar-refractivity contribution in [2.24, 2.45) is 5.73 Å². The third-order valence-electron chi connectivity index (χ3n) is 8.43. The first-order chi connectivity index (χ1) is 17.7. The molecule has 1 aromatic heterocycles. The Balaban J connectivity index is 1.29. The molecule has 198 valence electrons. The summed E-state index contributed by atoms with van der Waals surface area (Å²) >= 11 is 0. The highest BCUT2D eigenvalue weighted by Crippen LogP contribution is 2.37. The largest absolute Gasteiger partial charge is 0.366 e. The van der Waals surface area contributed by atoms with Crippen LogP contribution in [0.25, 0.3) is 22.0 Å². The molecular formula is C29H38N4O3S. The molecule has 5 rings (SSSR count). The average molecular weight is 523 g/mol. The third-order valence-corrected chi connectivity index (χ3v) is 10.4. The topological polar surface area (TPSA) is 99.5 Å². The average Bonchev–Trinajstić information content (AvgIpc) is 3.47. The molecule has 3 aromatic rings. The van der Waals surface area contributed by atoms with Crippen LogP contribution in [0.2, 0.25) is 0 Å². The first kappa shape index (κ1) is 25.9. The van der Waals surface area contributed by atoms with E-state index in [9.17, 15) is 13.2 Å². The monoisotopic (exact) mass is 522 g/mol. The molecule has 7 nitrogen and oxygen atoms in total. The van der Waals surface area contributed by atoms with E-state index in [1.165, 1.54) is 12.8 Å². The van der Waals surface area contributed by atoms with Crippen LogP contribution in [-0.2, 0) is 10.0 Å². The number of nitrogens with zero attached hydrogens (tertiary/aromatic N) is 2. The Labute approximate surface area is 220 Å². The lowest BCUT2D eigenvalue weighted by Crippen LogP contribution is -2.40. The van der Waals surface area contributed by atoms with Crippen molar-refractivity contribution in [2.75, 3.05) is 25.4 Å². The molecule has 0 unspecified atom stereocenters. The molecule has 2 atom stereocenters. The van der Waals surface area contributed by atoms with Crippen LogP contribution in [0.5, 0.6) is 0 Å². The van der Waals surface area contributed by atoms with E-state index < -0.39 is 15.9 Å². The second kappa shape index (κ2) is 10.6. The number of sulfonamides is 1. The Hall–Kier alpha value is -2.68. The van der Waals surface area contributed by atoms with Gasteiger partial charge in [0.05, 0.1) is 16.8 Å². The predicted molar refractivity (Wildman–Crippen MR) is 149 cm³/mol. The number of carbonyl (C=O) groups excluding carboxylic acids is 1. The van der Waals surface area contributed by atoms with Gasteiger partial charge in [-0.3, -0.25) is 9.69 Å². The molecule has 0 saturated carbocycles. The van der Waals surface area contributed by atoms with Crippen LogP contribution < -0.4 is 5.73 Å². The first-order valence-corrected chi connectivity index (χ1v) is 15.1. The van der Waals surface area contributed by atoms with Crippen molar-refractivity contribution in [3.8, 4) is 11.1 Å². The third kappa shape index (κ3) is 5.33. The van der Waals surface area contributed by atoms with Gasteiger partial charge in [0, 0.05) is 36.8 Å². The molecule has 2 aliphatic rings. The summed E-state index contributed by atoms with van der Waals surface area (Å²) in [6, 6.07) is 15.0. The maximum Gasteiger partial charge on any atom is 0.250 e. The number of H-pyrrole nitrogens is 1. The number of fused-ring (bicyclic) bond motifs is 1. The van der Waals surface area contributed by atoms with Crippen molar-refractivity contribution in [1.82, 2.24) is 14.2 Å². The summed E-state index contributed by atoms with van der Waals surface area (Å²) in [6.45, 7) is 6.37. The molecule has 2 aromatic carbocycles. The van der Waals surface area contributed by atoms with Gasteiger partial charge in [-0.25, -0.2) is 12.7 Å². The van der Waals surface area contributed by atoms with Gasteiger partial charge in [0.2, 0.25) is 10.0 Å². The normalized spacial score (nSPS) is 22.1. The van der Waals surface area contributed by atoms with Crippen molar-refractivity contribution in [2.45, 2.75) is 64.0 Å². The van der Waals surface area contributed by atoms with Crippen LogP contribution in [0.3, 0.4) is 0 Å². The molecule has 2 fully saturated rings. The molecule has 37 heavy (non-hydrogen) atoms. The Morgan fingerprint density at radius 3 is 2.32 bits per heavy atom. The van der Waals surface area contributed by atoms with Gasteiger partial charge in [0.1, 0.15) is 0 Å². The van der Waals surface area contributed by atoms with E-state index in [0.717, 1.165) is 47.0 Å². The van der Waals surface area contributed by atoms with E-state index in [4.69, 9.17) is 5.73 Å². The van der Waals surface area contributed by atoms with Crippen molar-refractivity contribution in [1.29, 1.82) is 0 Å². The maximum absolute atomic E-state index is 13.1. The summed E-state index contributed by atoms with van der Waals surface area (Å²) in [5.41, 5.74) is 10.1. The predicted octanol–water partition coefficient (Wildman–Crippen LogP) is 4.71. The Morgan fingerprint density at radius 2 is 1.68 bits per heavy atom. The minimum absolute atomic E-state index is 0.211. The van der Waals surface area contributed by atoms with E-state index in [1.807, 2.05) is 42.6 Å². The fourth-order valence-corrected chi connectivity index (χ4v) is 7.79. The number of aromatic nitrogens is 1. The number of piperidine rings is 1. The molecule has 3 N–H and O–H groups in total. The van der Waals surface area contributed by atoms with Crippen molar-refractivity contribution < 1.29 is 13.2 Å². The number of primary amides is 1. The van der Waals surface area contributed by atoms with Gasteiger partial charge in [0.25, 0.3) is 5.91 Å². The summed E-state index contributed by atoms with van der Waals surface area (Å²) in [7, 11) is -3.27. The molecule has 3 heterocycles. The summed E-state index contributed by atoms with van der Waals surface area (Å²) in [5.74, 6) is -0.0311. The second-order valence-corrected chi connectivity index (χ2v) is 12.9. The van der Waals surface area contributed by atoms with Crippen LogP contribution in [0.1, 0.15) is 67.8 Å². The van der Waals surface area contributed by atoms with Crippen LogP contribution in [-0.4, -0.2) is 66.0 Å². The van der Waals surface area contributed by atoms with Crippen molar-refractivity contribution in [3.05, 3.63) is 59.8 Å². The highest BCUT2D eigenvalue weighted by atomic mass is 32.2. The van der Waals surface area contributed by atoms with Gasteiger partial charge in [0.15, 0.2) is 0 Å². The summed E-state index contributed by atoms with van der Waals surface area (Å²) < 4.78 is 27.9. The van der Waals surface area contributed by atoms with Crippen molar-refractivity contribution in [3.63, 3.8) is 0 Å². The standard InChI is InChI=1S/C29H38N4O3S/c1-20-9-10-21(2)33(20)13-6-16-37(35,36)32-14-11-23(12-15-32)27-19-31-28-25(27)17-24(18-26(28)29(30)34)22-7-4-3-5-8-22/h3-5,7-8,17-21,23,31H,6,9-16H2,1-2H3,(H2,30,34)/t20-,21+. The van der Waals surface area contributed by atoms with Gasteiger partial charge in [-0.15, -0.1) is 0 Å². The minimum atomic E-state index is -3.27. The molecule has 1 amide bonds. The number of carbonyl (C=O) groups is 1. The zero-order valence-electron chi connectivity index (χ0n) is 21.8. The first-order valence-electron chi connectivity index (χ1n) is 13.5. The van der Waals surface area contributed by atoms with Gasteiger partial charge in [-0.05, 0) is 87.2 Å². The van der Waals surface area contributed by atoms with Crippen LogP contribution in [0.4, 0.5) is 0 Å². The van der Waals surface area contributed by atoms with Crippen LogP contribution >= 0.6 is 0 Å². The second-order valence-electron chi connectivity index (χ2n) is 10.8. The SMILES string of the molecule is C[C@@H]1CC[C@H](C)N1CCCS(=O)(=O)N1CCC(c2c[nH]c3c(C(N)=O)cc(-c4ccccc4)cc23)CC1. The van der Waals surface area contributed by atoms with E-state index in [0.29, 0.717) is 37.2 Å². The van der Waals surface area contributed by atoms with E-state index >= 15 is 0 Å². The lowest BCUT2D eigenvalue weighted by Gasteiger charge is -2.32. The quantitative estimate of drug-likeness (QED) is 0.448. The van der Waals surface area contributed by atoms with E-state index in [2.05, 4.69) is 29.8 Å². The summed E-state index contributed by atoms with van der Waals surface area (Å²) in [6.07, 6.45) is 6.56. The minimum Gasteiger partial charge on any atom is -0.366 e. The molecule has 0 bridgehead atoms. The zero-order chi connectivity index (χ0) is 26.2. The Bertz CT molecular complexity index is 1350. The number of rotatable bonds is 8. The highest BCUT2D eigenvalue weighted by molar-refractivity contribution is 7.89. The number of amides is 1.